The fourth-order valence-electron chi connectivity index (χ4n) is 1.91. The molecular formula is C10H17N5O. The predicted molar refractivity (Wildman–Crippen MR) is 58.5 cm³/mol. The van der Waals surface area contributed by atoms with Gasteiger partial charge in [0.05, 0.1) is 12.1 Å². The summed E-state index contributed by atoms with van der Waals surface area (Å²) < 4.78 is 1.80. The van der Waals surface area contributed by atoms with Gasteiger partial charge in [-0.1, -0.05) is 0 Å². The number of hydrogen-bond donors (Lipinski definition) is 2. The molecule has 88 valence electrons. The quantitative estimate of drug-likeness (QED) is 0.729. The smallest absolute Gasteiger partial charge is 0.240 e. The number of amides is 1. The summed E-state index contributed by atoms with van der Waals surface area (Å²) >= 11 is 0. The van der Waals surface area contributed by atoms with E-state index in [-0.39, 0.29) is 5.91 Å². The maximum Gasteiger partial charge on any atom is 0.240 e. The lowest BCUT2D eigenvalue weighted by Gasteiger charge is -2.22. The molecule has 1 aliphatic heterocycles. The summed E-state index contributed by atoms with van der Waals surface area (Å²) in [6, 6.07) is 0. The summed E-state index contributed by atoms with van der Waals surface area (Å²) in [7, 11) is 1.86. The van der Waals surface area contributed by atoms with Crippen LogP contribution in [0.25, 0.3) is 0 Å². The first kappa shape index (κ1) is 11.1. The average Bonchev–Trinajstić information content (AvgIpc) is 2.85. The molecule has 2 N–H and O–H groups in total. The molecule has 6 nitrogen and oxygen atoms in total. The van der Waals surface area contributed by atoms with E-state index in [2.05, 4.69) is 20.8 Å². The molecule has 1 atom stereocenters. The highest BCUT2D eigenvalue weighted by Crippen LogP contribution is 2.18. The monoisotopic (exact) mass is 223 g/mol. The Morgan fingerprint density at radius 1 is 1.75 bits per heavy atom. The average molecular weight is 223 g/mol. The van der Waals surface area contributed by atoms with Crippen LogP contribution in [0, 0.1) is 0 Å². The van der Waals surface area contributed by atoms with Crippen molar-refractivity contribution in [2.75, 3.05) is 6.54 Å². The third-order valence-corrected chi connectivity index (χ3v) is 3.08. The molecule has 0 radical (unpaired) electrons. The van der Waals surface area contributed by atoms with Gasteiger partial charge in [-0.05, 0) is 26.3 Å². The molecule has 2 rings (SSSR count). The molecule has 1 aliphatic rings. The van der Waals surface area contributed by atoms with Crippen molar-refractivity contribution < 1.29 is 4.79 Å². The fourth-order valence-corrected chi connectivity index (χ4v) is 1.91. The van der Waals surface area contributed by atoms with Crippen LogP contribution < -0.4 is 10.6 Å². The van der Waals surface area contributed by atoms with Crippen LogP contribution in [0.15, 0.2) is 6.33 Å². The Kier molecular flexibility index (Phi) is 2.91. The van der Waals surface area contributed by atoms with Gasteiger partial charge in [-0.25, -0.2) is 0 Å². The number of carbonyl (C=O) groups is 1. The second kappa shape index (κ2) is 4.21. The first-order valence-corrected chi connectivity index (χ1v) is 5.48. The van der Waals surface area contributed by atoms with Crippen LogP contribution >= 0.6 is 0 Å². The van der Waals surface area contributed by atoms with Crippen molar-refractivity contribution in [3.63, 3.8) is 0 Å². The topological polar surface area (TPSA) is 71.8 Å². The van der Waals surface area contributed by atoms with Crippen LogP contribution in [-0.2, 0) is 18.4 Å². The van der Waals surface area contributed by atoms with Crippen molar-refractivity contribution in [1.29, 1.82) is 0 Å². The normalized spacial score (nSPS) is 24.6. The lowest BCUT2D eigenvalue weighted by atomic mass is 9.99. The van der Waals surface area contributed by atoms with Gasteiger partial charge < -0.3 is 15.2 Å². The second-order valence-electron chi connectivity index (χ2n) is 4.40. The van der Waals surface area contributed by atoms with Crippen molar-refractivity contribution in [3.8, 4) is 0 Å². The summed E-state index contributed by atoms with van der Waals surface area (Å²) in [5.41, 5.74) is -0.418. The summed E-state index contributed by atoms with van der Waals surface area (Å²) in [6.07, 6.45) is 3.56. The lowest BCUT2D eigenvalue weighted by molar-refractivity contribution is -0.126. The Hall–Kier alpha value is -1.43. The van der Waals surface area contributed by atoms with Gasteiger partial charge in [0, 0.05) is 7.05 Å². The molecule has 0 spiro atoms. The maximum absolute atomic E-state index is 11.9. The van der Waals surface area contributed by atoms with Gasteiger partial charge in [-0.15, -0.1) is 10.2 Å². The first-order chi connectivity index (χ1) is 7.62. The summed E-state index contributed by atoms with van der Waals surface area (Å²) in [6.45, 7) is 3.27. The maximum atomic E-state index is 11.9. The Labute approximate surface area is 94.4 Å². The van der Waals surface area contributed by atoms with E-state index in [0.29, 0.717) is 6.54 Å². The largest absolute Gasteiger partial charge is 0.347 e. The Balaban J connectivity index is 1.91. The molecule has 0 aliphatic carbocycles. The van der Waals surface area contributed by atoms with E-state index in [0.717, 1.165) is 25.2 Å². The number of aryl methyl sites for hydroxylation is 1. The molecule has 16 heavy (non-hydrogen) atoms. The van der Waals surface area contributed by atoms with Gasteiger partial charge in [0.25, 0.3) is 0 Å². The minimum absolute atomic E-state index is 0.0352. The zero-order valence-electron chi connectivity index (χ0n) is 9.66. The van der Waals surface area contributed by atoms with Gasteiger partial charge in [0.15, 0.2) is 5.82 Å². The van der Waals surface area contributed by atoms with Crippen molar-refractivity contribution in [2.24, 2.45) is 7.05 Å². The summed E-state index contributed by atoms with van der Waals surface area (Å²) in [5, 5.41) is 13.8. The second-order valence-corrected chi connectivity index (χ2v) is 4.40. The van der Waals surface area contributed by atoms with Gasteiger partial charge in [0.2, 0.25) is 5.91 Å². The molecule has 1 unspecified atom stereocenters. The van der Waals surface area contributed by atoms with Crippen LogP contribution in [0.1, 0.15) is 25.6 Å². The Morgan fingerprint density at radius 3 is 3.12 bits per heavy atom. The Bertz CT molecular complexity index is 380. The van der Waals surface area contributed by atoms with E-state index in [4.69, 9.17) is 0 Å². The highest BCUT2D eigenvalue weighted by atomic mass is 16.2. The minimum Gasteiger partial charge on any atom is -0.347 e. The number of nitrogens with zero attached hydrogens (tertiary/aromatic N) is 3. The van der Waals surface area contributed by atoms with Crippen LogP contribution in [0.5, 0.6) is 0 Å². The third kappa shape index (κ3) is 2.06. The number of hydrogen-bond acceptors (Lipinski definition) is 4. The molecule has 1 aromatic heterocycles. The molecule has 6 heteroatoms. The molecular weight excluding hydrogens is 206 g/mol. The molecule has 1 aromatic rings. The van der Waals surface area contributed by atoms with E-state index in [1.807, 2.05) is 14.0 Å². The summed E-state index contributed by atoms with van der Waals surface area (Å²) in [5.74, 6) is 0.794. The number of nitrogens with one attached hydrogen (secondary N) is 2. The van der Waals surface area contributed by atoms with Gasteiger partial charge >= 0.3 is 0 Å². The summed E-state index contributed by atoms with van der Waals surface area (Å²) in [4.78, 5) is 11.9. The van der Waals surface area contributed by atoms with Crippen LogP contribution in [0.3, 0.4) is 0 Å². The fraction of sp³-hybridized carbons (Fsp3) is 0.700. The van der Waals surface area contributed by atoms with E-state index in [1.54, 1.807) is 10.9 Å². The van der Waals surface area contributed by atoms with E-state index in [9.17, 15) is 4.79 Å². The molecule has 1 saturated heterocycles. The number of rotatable bonds is 3. The number of aromatic nitrogens is 3. The zero-order chi connectivity index (χ0) is 11.6. The lowest BCUT2D eigenvalue weighted by Crippen LogP contribution is -2.51. The van der Waals surface area contributed by atoms with Crippen molar-refractivity contribution in [1.82, 2.24) is 25.4 Å². The van der Waals surface area contributed by atoms with Gasteiger partial charge in [-0.2, -0.15) is 0 Å². The molecule has 1 amide bonds. The molecule has 1 fully saturated rings. The van der Waals surface area contributed by atoms with Crippen molar-refractivity contribution in [3.05, 3.63) is 12.2 Å². The zero-order valence-corrected chi connectivity index (χ0v) is 9.66. The van der Waals surface area contributed by atoms with Crippen LogP contribution in [0.4, 0.5) is 0 Å². The standard InChI is InChI=1S/C10H17N5O/c1-10(4-3-5-12-10)9(16)11-6-8-14-13-7-15(8)2/h7,12H,3-6H2,1-2H3,(H,11,16). The van der Waals surface area contributed by atoms with E-state index >= 15 is 0 Å². The molecule has 0 saturated carbocycles. The number of carbonyl (C=O) groups excluding carboxylic acids is 1. The van der Waals surface area contributed by atoms with Crippen molar-refractivity contribution >= 4 is 5.91 Å². The van der Waals surface area contributed by atoms with Crippen molar-refractivity contribution in [2.45, 2.75) is 31.8 Å². The highest BCUT2D eigenvalue weighted by molar-refractivity contribution is 5.86. The first-order valence-electron chi connectivity index (χ1n) is 5.48. The van der Waals surface area contributed by atoms with Gasteiger partial charge in [-0.3, -0.25) is 4.79 Å². The SMILES string of the molecule is Cn1cnnc1CNC(=O)C1(C)CCCN1. The van der Waals surface area contributed by atoms with E-state index < -0.39 is 5.54 Å². The van der Waals surface area contributed by atoms with E-state index in [1.165, 1.54) is 0 Å². The molecule has 2 heterocycles. The predicted octanol–water partition coefficient (Wildman–Crippen LogP) is -0.427. The third-order valence-electron chi connectivity index (χ3n) is 3.08. The minimum atomic E-state index is -0.418. The Morgan fingerprint density at radius 2 is 2.56 bits per heavy atom. The highest BCUT2D eigenvalue weighted by Gasteiger charge is 2.35. The molecule has 0 aromatic carbocycles. The van der Waals surface area contributed by atoms with Gasteiger partial charge in [0.1, 0.15) is 6.33 Å². The molecule has 0 bridgehead atoms. The van der Waals surface area contributed by atoms with Crippen LogP contribution in [0.2, 0.25) is 0 Å². The van der Waals surface area contributed by atoms with Crippen LogP contribution in [-0.4, -0.2) is 32.8 Å².